The van der Waals surface area contributed by atoms with E-state index in [1.807, 2.05) is 37.3 Å². The molecule has 392 valence electrons. The number of hydrogen-bond acceptors (Lipinski definition) is 15. The van der Waals surface area contributed by atoms with Gasteiger partial charge in [-0.25, -0.2) is 9.13 Å². The van der Waals surface area contributed by atoms with Crippen LogP contribution >= 0.6 is 15.6 Å². The number of rotatable bonds is 37. The lowest BCUT2D eigenvalue weighted by Crippen LogP contribution is -2.64. The predicted octanol–water partition coefficient (Wildman–Crippen LogP) is 6.89. The zero-order valence-electron chi connectivity index (χ0n) is 39.9. The van der Waals surface area contributed by atoms with Crippen molar-refractivity contribution in [1.29, 1.82) is 0 Å². The van der Waals surface area contributed by atoms with Crippen LogP contribution in [0.15, 0.2) is 109 Å². The minimum atomic E-state index is -5.39. The van der Waals surface area contributed by atoms with E-state index in [2.05, 4.69) is 47.9 Å². The Balaban J connectivity index is 2.70. The van der Waals surface area contributed by atoms with E-state index in [0.29, 0.717) is 25.7 Å². The van der Waals surface area contributed by atoms with Gasteiger partial charge in [0, 0.05) is 12.8 Å². The molecule has 0 aliphatic heterocycles. The summed E-state index contributed by atoms with van der Waals surface area (Å²) in [7, 11) is -10.8. The third kappa shape index (κ3) is 33.0. The van der Waals surface area contributed by atoms with Crippen molar-refractivity contribution in [3.05, 3.63) is 109 Å². The molecule has 0 saturated heterocycles. The first-order valence-electron chi connectivity index (χ1n) is 23.6. The number of ether oxygens (including phenoxy) is 2. The van der Waals surface area contributed by atoms with E-state index < -0.39 is 95.7 Å². The lowest BCUT2D eigenvalue weighted by atomic mass is 9.85. The predicted molar refractivity (Wildman–Crippen MR) is 262 cm³/mol. The van der Waals surface area contributed by atoms with E-state index in [-0.39, 0.29) is 19.3 Å². The molecule has 0 spiro atoms. The van der Waals surface area contributed by atoms with Crippen LogP contribution in [-0.2, 0) is 41.8 Å². The van der Waals surface area contributed by atoms with Crippen LogP contribution in [0.5, 0.6) is 0 Å². The molecule has 0 amide bonds. The Bertz CT molecular complexity index is 1780. The first-order chi connectivity index (χ1) is 32.9. The van der Waals surface area contributed by atoms with E-state index in [1.165, 1.54) is 0 Å². The minimum absolute atomic E-state index is 0.0205. The van der Waals surface area contributed by atoms with Crippen LogP contribution in [0.1, 0.15) is 117 Å². The maximum Gasteiger partial charge on any atom is 0.472 e. The van der Waals surface area contributed by atoms with Gasteiger partial charge in [0.1, 0.15) is 43.2 Å². The number of aliphatic hydroxyl groups excluding tert-OH is 6. The first-order valence-corrected chi connectivity index (χ1v) is 26.7. The first kappa shape index (κ1) is 63.6. The summed E-state index contributed by atoms with van der Waals surface area (Å²) in [5.74, 6) is -1.41. The molecule has 10 atom stereocenters. The molecule has 0 radical (unpaired) electrons. The number of esters is 2. The van der Waals surface area contributed by atoms with Gasteiger partial charge in [-0.2, -0.15) is 0 Å². The third-order valence-corrected chi connectivity index (χ3v) is 11.5. The van der Waals surface area contributed by atoms with Gasteiger partial charge in [0.15, 0.2) is 6.10 Å². The van der Waals surface area contributed by atoms with Crippen LogP contribution < -0.4 is 0 Å². The Hall–Kier alpha value is -3.42. The van der Waals surface area contributed by atoms with Crippen molar-refractivity contribution < 1.29 is 87.1 Å². The molecule has 9 N–H and O–H groups in total. The molecule has 0 aromatic heterocycles. The number of hydrogen-bond donors (Lipinski definition) is 9. The second-order valence-corrected chi connectivity index (χ2v) is 18.7. The lowest BCUT2D eigenvalue weighted by molar-refractivity contribution is -0.216. The lowest BCUT2D eigenvalue weighted by Gasteiger charge is -2.43. The molecule has 20 heteroatoms. The number of allylic oxidation sites excluding steroid dienone is 14. The summed E-state index contributed by atoms with van der Waals surface area (Å²) in [6.45, 7) is 2.62. The maximum atomic E-state index is 13.0. The van der Waals surface area contributed by atoms with Gasteiger partial charge in [-0.1, -0.05) is 142 Å². The number of phosphoric ester groups is 2. The molecule has 0 heterocycles. The van der Waals surface area contributed by atoms with Gasteiger partial charge in [0.2, 0.25) is 0 Å². The molecule has 0 bridgehead atoms. The number of carbonyl (C=O) groups is 2. The van der Waals surface area contributed by atoms with Crippen molar-refractivity contribution in [3.8, 4) is 0 Å². The fourth-order valence-corrected chi connectivity index (χ4v) is 7.90. The second kappa shape index (κ2) is 38.3. The quantitative estimate of drug-likeness (QED) is 0.0101. The standard InChI is InChI=1S/C49H78O18P2/c1-3-5-7-8-9-10-11-12-13-14-15-16-17-22-30-36-43(53)65-41(38-64-69(61,62)67-49-46(56)44(54)45(55)48(47(49)57)66-68(58,59)60)37-63-42(52)35-29-21-19-18-20-26-32-40(51)34-28-24-23-27-33-39(50)31-25-6-4-2/h5-7,9-10,12-13,19-21,23-28,33-34,39-41,44-51,54-57H,3-4,8,11,14-18,22,29-32,35-38H2,1-2H3,(H,61,62)(H2,58,59,60)/b7-5-,10-9-,13-12-,21-19-,24-23-,25-6-,26-20-,33-27+,34-28+/t39-,40+,41-,44?,45?,46?,47?,48-,49+/m1/s1. The fourth-order valence-electron chi connectivity index (χ4n) is 6.36. The molecule has 1 aliphatic rings. The van der Waals surface area contributed by atoms with Gasteiger partial charge in [-0.3, -0.25) is 23.2 Å². The second-order valence-electron chi connectivity index (χ2n) is 16.1. The normalized spacial score (nSPS) is 23.0. The third-order valence-electron chi connectivity index (χ3n) is 10.0. The summed E-state index contributed by atoms with van der Waals surface area (Å²) < 4.78 is 49.2. The SMILES string of the molecule is CC/C=C\C/C=C\C/C=C\CCCCCCCC(=O)O[C@H](COC(=O)CC/C=C\C/C=C\C[C@H](O)/C=C/C=C\C=C\[C@H](O)C/C=C\CC)COP(=O)(O)O[C@H]1C(O)C(O)C(O)[C@@H](OP(=O)(O)O)C1O. The number of aliphatic hydroxyl groups is 6. The van der Waals surface area contributed by atoms with Crippen LogP contribution in [0.3, 0.4) is 0 Å². The average Bonchev–Trinajstić information content (AvgIpc) is 3.30. The van der Waals surface area contributed by atoms with Gasteiger partial charge >= 0.3 is 27.6 Å². The van der Waals surface area contributed by atoms with E-state index in [4.69, 9.17) is 18.5 Å². The van der Waals surface area contributed by atoms with Crippen LogP contribution in [0.25, 0.3) is 0 Å². The van der Waals surface area contributed by atoms with Crippen LogP contribution in [0.2, 0.25) is 0 Å². The Labute approximate surface area is 407 Å². The van der Waals surface area contributed by atoms with Crippen molar-refractivity contribution in [1.82, 2.24) is 0 Å². The summed E-state index contributed by atoms with van der Waals surface area (Å²) in [4.78, 5) is 54.3. The number of phosphoric acid groups is 2. The molecule has 1 saturated carbocycles. The summed E-state index contributed by atoms with van der Waals surface area (Å²) in [5.41, 5.74) is 0. The highest BCUT2D eigenvalue weighted by Gasteiger charge is 2.54. The monoisotopic (exact) mass is 1020 g/mol. The van der Waals surface area contributed by atoms with E-state index in [9.17, 15) is 64.0 Å². The molecule has 0 aromatic rings. The van der Waals surface area contributed by atoms with Gasteiger partial charge in [0.05, 0.1) is 18.8 Å². The van der Waals surface area contributed by atoms with Gasteiger partial charge in [-0.15, -0.1) is 0 Å². The van der Waals surface area contributed by atoms with Crippen molar-refractivity contribution >= 4 is 27.6 Å². The highest BCUT2D eigenvalue weighted by atomic mass is 31.2. The van der Waals surface area contributed by atoms with Crippen LogP contribution in [-0.4, -0.2) is 125 Å². The fraction of sp³-hybridized carbons (Fsp3) is 0.592. The molecule has 0 aromatic carbocycles. The minimum Gasteiger partial charge on any atom is -0.462 e. The molecule has 18 nitrogen and oxygen atoms in total. The molecule has 1 rings (SSSR count). The van der Waals surface area contributed by atoms with Gasteiger partial charge in [-0.05, 0) is 70.6 Å². The highest BCUT2D eigenvalue weighted by molar-refractivity contribution is 7.47. The highest BCUT2D eigenvalue weighted by Crippen LogP contribution is 2.49. The Kier molecular flexibility index (Phi) is 35.3. The molecular formula is C49H78O18P2. The van der Waals surface area contributed by atoms with Crippen molar-refractivity contribution in [3.63, 3.8) is 0 Å². The Morgan fingerprint density at radius 1 is 0.536 bits per heavy atom. The zero-order valence-corrected chi connectivity index (χ0v) is 41.7. The summed E-state index contributed by atoms with van der Waals surface area (Å²) >= 11 is 0. The topological polar surface area (TPSA) is 296 Å². The summed E-state index contributed by atoms with van der Waals surface area (Å²) in [5, 5.41) is 61.2. The molecule has 5 unspecified atom stereocenters. The van der Waals surface area contributed by atoms with Gasteiger partial charge in [0.25, 0.3) is 0 Å². The maximum absolute atomic E-state index is 13.0. The number of carbonyl (C=O) groups excluding carboxylic acids is 2. The Morgan fingerprint density at radius 3 is 1.62 bits per heavy atom. The van der Waals surface area contributed by atoms with E-state index in [1.54, 1.807) is 42.5 Å². The van der Waals surface area contributed by atoms with E-state index >= 15 is 0 Å². The molecule has 1 fully saturated rings. The molecular weight excluding hydrogens is 938 g/mol. The van der Waals surface area contributed by atoms with E-state index in [0.717, 1.165) is 57.8 Å². The largest absolute Gasteiger partial charge is 0.472 e. The summed E-state index contributed by atoms with van der Waals surface area (Å²) in [6.07, 6.45) is 28.3. The van der Waals surface area contributed by atoms with Crippen molar-refractivity contribution in [2.24, 2.45) is 0 Å². The van der Waals surface area contributed by atoms with Crippen LogP contribution in [0, 0.1) is 0 Å². The molecule has 1 aliphatic carbocycles. The summed E-state index contributed by atoms with van der Waals surface area (Å²) in [6, 6.07) is 0. The van der Waals surface area contributed by atoms with Crippen molar-refractivity contribution in [2.45, 2.75) is 172 Å². The van der Waals surface area contributed by atoms with Crippen molar-refractivity contribution in [2.75, 3.05) is 13.2 Å². The van der Waals surface area contributed by atoms with Gasteiger partial charge < -0.3 is 54.8 Å². The zero-order chi connectivity index (χ0) is 51.3. The average molecular weight is 1020 g/mol. The Morgan fingerprint density at radius 2 is 1.03 bits per heavy atom. The number of unbranched alkanes of at least 4 members (excludes halogenated alkanes) is 5. The van der Waals surface area contributed by atoms with Crippen LogP contribution in [0.4, 0.5) is 0 Å². The smallest absolute Gasteiger partial charge is 0.462 e. The molecule has 69 heavy (non-hydrogen) atoms.